The fourth-order valence-corrected chi connectivity index (χ4v) is 3.56. The van der Waals surface area contributed by atoms with E-state index in [4.69, 9.17) is 0 Å². The van der Waals surface area contributed by atoms with Gasteiger partial charge in [0, 0.05) is 24.4 Å². The number of carbonyl (C=O) groups is 1. The number of aliphatic hydroxyl groups is 1. The molecular formula is C17H28N2O2S. The summed E-state index contributed by atoms with van der Waals surface area (Å²) in [5.41, 5.74) is 0. The Morgan fingerprint density at radius 2 is 2.27 bits per heavy atom. The minimum atomic E-state index is -0.463. The number of carbonyl (C=O) groups excluding carboxylic acids is 1. The number of piperidine rings is 1. The number of aliphatic hydroxyl groups excluding tert-OH is 1. The molecule has 4 nitrogen and oxygen atoms in total. The third-order valence-electron chi connectivity index (χ3n) is 4.29. The van der Waals surface area contributed by atoms with E-state index in [0.29, 0.717) is 19.5 Å². The van der Waals surface area contributed by atoms with E-state index in [1.807, 2.05) is 6.07 Å². The Kier molecular flexibility index (Phi) is 7.36. The van der Waals surface area contributed by atoms with Crippen LogP contribution in [0.25, 0.3) is 0 Å². The van der Waals surface area contributed by atoms with E-state index in [1.165, 1.54) is 17.7 Å². The van der Waals surface area contributed by atoms with Crippen LogP contribution in [0.5, 0.6) is 0 Å². The molecule has 1 unspecified atom stereocenters. The van der Waals surface area contributed by atoms with Gasteiger partial charge in [-0.1, -0.05) is 13.0 Å². The van der Waals surface area contributed by atoms with Crippen LogP contribution in [-0.4, -0.2) is 48.2 Å². The molecule has 0 aliphatic carbocycles. The molecule has 1 aliphatic heterocycles. The molecule has 2 N–H and O–H groups in total. The number of rotatable bonds is 8. The van der Waals surface area contributed by atoms with Gasteiger partial charge in [-0.15, -0.1) is 11.3 Å². The van der Waals surface area contributed by atoms with E-state index in [-0.39, 0.29) is 5.91 Å². The molecule has 0 saturated carbocycles. The first-order chi connectivity index (χ1) is 10.6. The smallest absolute Gasteiger partial charge is 0.220 e. The highest BCUT2D eigenvalue weighted by atomic mass is 32.1. The van der Waals surface area contributed by atoms with Crippen LogP contribution in [0.3, 0.4) is 0 Å². The van der Waals surface area contributed by atoms with Gasteiger partial charge >= 0.3 is 0 Å². The van der Waals surface area contributed by atoms with Gasteiger partial charge in [-0.2, -0.15) is 0 Å². The second kappa shape index (κ2) is 9.28. The number of amides is 1. The molecule has 1 atom stereocenters. The number of aryl methyl sites for hydroxylation is 1. The van der Waals surface area contributed by atoms with Crippen molar-refractivity contribution in [3.05, 3.63) is 22.4 Å². The Labute approximate surface area is 137 Å². The minimum absolute atomic E-state index is 0.0443. The number of hydrogen-bond donors (Lipinski definition) is 2. The molecule has 0 spiro atoms. The topological polar surface area (TPSA) is 52.6 Å². The van der Waals surface area contributed by atoms with Crippen LogP contribution >= 0.6 is 11.3 Å². The summed E-state index contributed by atoms with van der Waals surface area (Å²) in [6.45, 7) is 5.44. The average Bonchev–Trinajstić information content (AvgIpc) is 3.01. The van der Waals surface area contributed by atoms with Crippen LogP contribution in [0.4, 0.5) is 0 Å². The fourth-order valence-electron chi connectivity index (χ4n) is 2.81. The van der Waals surface area contributed by atoms with Crippen molar-refractivity contribution >= 4 is 17.2 Å². The lowest BCUT2D eigenvalue weighted by Crippen LogP contribution is -2.43. The third-order valence-corrected chi connectivity index (χ3v) is 5.22. The molecule has 1 aromatic rings. The first kappa shape index (κ1) is 17.4. The van der Waals surface area contributed by atoms with Crippen molar-refractivity contribution in [2.45, 2.75) is 45.1 Å². The second-order valence-corrected chi connectivity index (χ2v) is 7.41. The van der Waals surface area contributed by atoms with Gasteiger partial charge in [0.25, 0.3) is 0 Å². The maximum atomic E-state index is 11.8. The number of nitrogens with zero attached hydrogens (tertiary/aromatic N) is 1. The average molecular weight is 324 g/mol. The Morgan fingerprint density at radius 1 is 1.50 bits per heavy atom. The van der Waals surface area contributed by atoms with Crippen molar-refractivity contribution in [3.8, 4) is 0 Å². The highest BCUT2D eigenvalue weighted by molar-refractivity contribution is 7.09. The molecule has 2 rings (SSSR count). The Balaban J connectivity index is 1.53. The molecule has 22 heavy (non-hydrogen) atoms. The standard InChI is InChI=1S/C17H28N2O2S/c1-14-7-9-19(10-8-14)13-15(20)12-18-17(21)6-2-4-16-5-3-11-22-16/h3,5,11,14-15,20H,2,4,6-10,12-13H2,1H3,(H,18,21). The molecule has 124 valence electrons. The van der Waals surface area contributed by atoms with Crippen molar-refractivity contribution < 1.29 is 9.90 Å². The summed E-state index contributed by atoms with van der Waals surface area (Å²) < 4.78 is 0. The van der Waals surface area contributed by atoms with E-state index >= 15 is 0 Å². The molecule has 0 radical (unpaired) electrons. The Bertz CT molecular complexity index is 428. The number of likely N-dealkylation sites (tertiary alicyclic amines) is 1. The quantitative estimate of drug-likeness (QED) is 0.771. The molecule has 1 saturated heterocycles. The van der Waals surface area contributed by atoms with Gasteiger partial charge < -0.3 is 15.3 Å². The molecule has 1 aliphatic rings. The normalized spacial score (nSPS) is 18.3. The predicted octanol–water partition coefficient (Wildman–Crippen LogP) is 2.28. The van der Waals surface area contributed by atoms with E-state index in [2.05, 4.69) is 28.6 Å². The van der Waals surface area contributed by atoms with Crippen molar-refractivity contribution in [2.75, 3.05) is 26.2 Å². The summed E-state index contributed by atoms with van der Waals surface area (Å²) in [4.78, 5) is 15.4. The molecule has 5 heteroatoms. The molecule has 0 bridgehead atoms. The lowest BCUT2D eigenvalue weighted by Gasteiger charge is -2.31. The van der Waals surface area contributed by atoms with Crippen LogP contribution in [0.15, 0.2) is 17.5 Å². The summed E-state index contributed by atoms with van der Waals surface area (Å²) in [6, 6.07) is 4.14. The molecule has 2 heterocycles. The van der Waals surface area contributed by atoms with Crippen molar-refractivity contribution in [2.24, 2.45) is 5.92 Å². The summed E-state index contributed by atoms with van der Waals surface area (Å²) in [5, 5.41) is 14.9. The van der Waals surface area contributed by atoms with Crippen LogP contribution in [0, 0.1) is 5.92 Å². The van der Waals surface area contributed by atoms with E-state index in [9.17, 15) is 9.90 Å². The Hall–Kier alpha value is -0.910. The zero-order chi connectivity index (χ0) is 15.8. The summed E-state index contributed by atoms with van der Waals surface area (Å²) in [6.07, 6.45) is 4.32. The number of hydrogen-bond acceptors (Lipinski definition) is 4. The van der Waals surface area contributed by atoms with Gasteiger partial charge in [-0.25, -0.2) is 0 Å². The monoisotopic (exact) mass is 324 g/mol. The molecule has 1 aromatic heterocycles. The number of β-amino-alcohol motifs (C(OH)–C–C–N with tert-alkyl or cyclic N) is 1. The zero-order valence-electron chi connectivity index (χ0n) is 13.5. The van der Waals surface area contributed by atoms with Gasteiger partial charge in [0.1, 0.15) is 0 Å². The predicted molar refractivity (Wildman–Crippen MR) is 91.1 cm³/mol. The highest BCUT2D eigenvalue weighted by Gasteiger charge is 2.18. The molecule has 0 aromatic carbocycles. The molecule has 1 fully saturated rings. The maximum absolute atomic E-state index is 11.8. The van der Waals surface area contributed by atoms with Crippen LogP contribution in [0.2, 0.25) is 0 Å². The third kappa shape index (κ3) is 6.46. The second-order valence-electron chi connectivity index (χ2n) is 6.37. The first-order valence-corrected chi connectivity index (χ1v) is 9.21. The fraction of sp³-hybridized carbons (Fsp3) is 0.706. The van der Waals surface area contributed by atoms with Gasteiger partial charge in [-0.05, 0) is 56.1 Å². The SMILES string of the molecule is CC1CCN(CC(O)CNC(=O)CCCc2cccs2)CC1. The maximum Gasteiger partial charge on any atom is 0.220 e. The molecule has 1 amide bonds. The summed E-state index contributed by atoms with van der Waals surface area (Å²) >= 11 is 1.74. The minimum Gasteiger partial charge on any atom is -0.390 e. The van der Waals surface area contributed by atoms with Crippen molar-refractivity contribution in [3.63, 3.8) is 0 Å². The molecular weight excluding hydrogens is 296 g/mol. The van der Waals surface area contributed by atoms with E-state index < -0.39 is 6.10 Å². The summed E-state index contributed by atoms with van der Waals surface area (Å²) in [7, 11) is 0. The van der Waals surface area contributed by atoms with Crippen LogP contribution < -0.4 is 5.32 Å². The van der Waals surface area contributed by atoms with Crippen LogP contribution in [0.1, 0.15) is 37.5 Å². The lowest BCUT2D eigenvalue weighted by atomic mass is 9.99. The summed E-state index contributed by atoms with van der Waals surface area (Å²) in [5.74, 6) is 0.847. The van der Waals surface area contributed by atoms with Crippen LogP contribution in [-0.2, 0) is 11.2 Å². The first-order valence-electron chi connectivity index (χ1n) is 8.33. The van der Waals surface area contributed by atoms with Gasteiger partial charge in [-0.3, -0.25) is 4.79 Å². The largest absolute Gasteiger partial charge is 0.390 e. The zero-order valence-corrected chi connectivity index (χ0v) is 14.3. The number of thiophene rings is 1. The van der Waals surface area contributed by atoms with E-state index in [1.54, 1.807) is 11.3 Å². The number of nitrogens with one attached hydrogen (secondary N) is 1. The van der Waals surface area contributed by atoms with Crippen molar-refractivity contribution in [1.29, 1.82) is 0 Å². The van der Waals surface area contributed by atoms with Crippen molar-refractivity contribution in [1.82, 2.24) is 10.2 Å². The van der Waals surface area contributed by atoms with Gasteiger partial charge in [0.05, 0.1) is 6.10 Å². The van der Waals surface area contributed by atoms with Gasteiger partial charge in [0.2, 0.25) is 5.91 Å². The Morgan fingerprint density at radius 3 is 2.95 bits per heavy atom. The van der Waals surface area contributed by atoms with E-state index in [0.717, 1.165) is 31.8 Å². The lowest BCUT2D eigenvalue weighted by molar-refractivity contribution is -0.121. The highest BCUT2D eigenvalue weighted by Crippen LogP contribution is 2.16. The van der Waals surface area contributed by atoms with Gasteiger partial charge in [0.15, 0.2) is 0 Å².